The summed E-state index contributed by atoms with van der Waals surface area (Å²) < 4.78 is 0. The maximum absolute atomic E-state index is 3.60. The monoisotopic (exact) mass is 181 g/mol. The fraction of sp³-hybridized carbons (Fsp3) is 0.889. The number of nitrogens with one attached hydrogen (secondary N) is 1. The van der Waals surface area contributed by atoms with Gasteiger partial charge in [0.2, 0.25) is 0 Å². The molecule has 3 N–H and O–H groups in total. The molecule has 0 aromatic carbocycles. The predicted molar refractivity (Wildman–Crippen MR) is 48.4 cm³/mol. The first-order chi connectivity index (χ1) is 4.41. The minimum Gasteiger partial charge on any atom is -0.412 e. The molecule has 0 amide bonds. The van der Waals surface area contributed by atoms with Gasteiger partial charge in [-0.3, -0.25) is 0 Å². The first-order valence-electron chi connectivity index (χ1n) is 4.02. The maximum Gasteiger partial charge on any atom is 1.00 e. The SMILES string of the molecule is CC1(C)C[CH-]CC(C)(C)N1.O.[Na+]. The average molecular weight is 181 g/mol. The molecule has 0 bridgehead atoms. The molecule has 3 heteroatoms. The van der Waals surface area contributed by atoms with E-state index < -0.39 is 0 Å². The largest absolute Gasteiger partial charge is 1.00 e. The van der Waals surface area contributed by atoms with Crippen molar-refractivity contribution in [1.29, 1.82) is 0 Å². The van der Waals surface area contributed by atoms with E-state index in [-0.39, 0.29) is 35.0 Å². The fourth-order valence-corrected chi connectivity index (χ4v) is 1.81. The van der Waals surface area contributed by atoms with E-state index in [0.29, 0.717) is 11.1 Å². The van der Waals surface area contributed by atoms with Crippen LogP contribution in [0.1, 0.15) is 40.5 Å². The number of piperidine rings is 1. The Hall–Kier alpha value is 0.920. The third-order valence-electron chi connectivity index (χ3n) is 1.99. The van der Waals surface area contributed by atoms with Crippen molar-refractivity contribution in [3.8, 4) is 0 Å². The predicted octanol–water partition coefficient (Wildman–Crippen LogP) is -1.69. The molecule has 1 heterocycles. The van der Waals surface area contributed by atoms with Crippen LogP contribution in [-0.2, 0) is 0 Å². The molecule has 1 aliphatic heterocycles. The second-order valence-electron chi connectivity index (χ2n) is 4.59. The zero-order valence-corrected chi connectivity index (χ0v) is 11.0. The van der Waals surface area contributed by atoms with Gasteiger partial charge < -0.3 is 17.2 Å². The van der Waals surface area contributed by atoms with E-state index >= 15 is 0 Å². The Morgan fingerprint density at radius 1 is 1.00 bits per heavy atom. The molecule has 68 valence electrons. The summed E-state index contributed by atoms with van der Waals surface area (Å²) in [7, 11) is 0. The summed E-state index contributed by atoms with van der Waals surface area (Å²) in [4.78, 5) is 0. The Labute approximate surface area is 98.1 Å². The molecule has 0 aliphatic carbocycles. The standard InChI is InChI=1S/C9H18N.Na.H2O/c1-8(2)6-5-7-9(3,4)10-8;;/h5,10H,6-7H2,1-4H3;;1H2/q-1;+1;. The summed E-state index contributed by atoms with van der Waals surface area (Å²) in [6.07, 6.45) is 4.77. The Balaban J connectivity index is 0. The van der Waals surface area contributed by atoms with Crippen molar-refractivity contribution < 1.29 is 35.0 Å². The van der Waals surface area contributed by atoms with Crippen molar-refractivity contribution >= 4 is 0 Å². The average Bonchev–Trinajstić information content (AvgIpc) is 1.56. The molecule has 0 atom stereocenters. The van der Waals surface area contributed by atoms with Crippen molar-refractivity contribution in [2.75, 3.05) is 0 Å². The molecule has 0 radical (unpaired) electrons. The van der Waals surface area contributed by atoms with Crippen molar-refractivity contribution in [3.63, 3.8) is 0 Å². The van der Waals surface area contributed by atoms with E-state index in [1.807, 2.05) is 0 Å². The third-order valence-corrected chi connectivity index (χ3v) is 1.99. The van der Waals surface area contributed by atoms with Crippen LogP contribution in [0.15, 0.2) is 0 Å². The van der Waals surface area contributed by atoms with Crippen LogP contribution in [0.3, 0.4) is 0 Å². The molecular formula is C9H20NNaO. The summed E-state index contributed by atoms with van der Waals surface area (Å²) in [6.45, 7) is 9.02. The van der Waals surface area contributed by atoms with Crippen LogP contribution in [0, 0.1) is 6.42 Å². The zero-order chi connectivity index (χ0) is 7.83. The Bertz CT molecular complexity index is 120. The molecule has 2 nitrogen and oxygen atoms in total. The zero-order valence-electron chi connectivity index (χ0n) is 8.99. The third kappa shape index (κ3) is 4.83. The molecule has 0 aromatic rings. The van der Waals surface area contributed by atoms with Gasteiger partial charge in [0, 0.05) is 0 Å². The molecule has 1 rings (SSSR count). The van der Waals surface area contributed by atoms with Gasteiger partial charge in [0.25, 0.3) is 0 Å². The first kappa shape index (κ1) is 15.4. The quantitative estimate of drug-likeness (QED) is 0.352. The maximum atomic E-state index is 3.60. The minimum absolute atomic E-state index is 0. The fourth-order valence-electron chi connectivity index (χ4n) is 1.81. The van der Waals surface area contributed by atoms with Crippen molar-refractivity contribution in [2.24, 2.45) is 0 Å². The topological polar surface area (TPSA) is 43.5 Å². The van der Waals surface area contributed by atoms with Gasteiger partial charge in [-0.25, -0.2) is 0 Å². The van der Waals surface area contributed by atoms with Gasteiger partial charge in [-0.15, -0.1) is 0 Å². The summed E-state index contributed by atoms with van der Waals surface area (Å²) >= 11 is 0. The van der Waals surface area contributed by atoms with E-state index in [0.717, 1.165) is 0 Å². The van der Waals surface area contributed by atoms with Gasteiger partial charge in [0.15, 0.2) is 0 Å². The summed E-state index contributed by atoms with van der Waals surface area (Å²) in [5.74, 6) is 0. The van der Waals surface area contributed by atoms with Crippen LogP contribution in [0.2, 0.25) is 0 Å². The number of hydrogen-bond acceptors (Lipinski definition) is 1. The minimum atomic E-state index is 0. The van der Waals surface area contributed by atoms with E-state index in [1.54, 1.807) is 0 Å². The first-order valence-corrected chi connectivity index (χ1v) is 4.02. The normalized spacial score (nSPS) is 25.0. The van der Waals surface area contributed by atoms with Crippen molar-refractivity contribution in [1.82, 2.24) is 5.32 Å². The van der Waals surface area contributed by atoms with Gasteiger partial charge in [-0.2, -0.15) is 12.8 Å². The van der Waals surface area contributed by atoms with Gasteiger partial charge in [0.05, 0.1) is 0 Å². The number of hydrogen-bond donors (Lipinski definition) is 1. The van der Waals surface area contributed by atoms with Crippen molar-refractivity contribution in [2.45, 2.75) is 51.6 Å². The van der Waals surface area contributed by atoms with Crippen LogP contribution in [0.5, 0.6) is 0 Å². The summed E-state index contributed by atoms with van der Waals surface area (Å²) in [6, 6.07) is 0. The molecular weight excluding hydrogens is 161 g/mol. The molecule has 0 saturated carbocycles. The summed E-state index contributed by atoms with van der Waals surface area (Å²) in [5, 5.41) is 3.60. The van der Waals surface area contributed by atoms with Gasteiger partial charge in [-0.05, 0) is 38.8 Å². The molecule has 12 heavy (non-hydrogen) atoms. The summed E-state index contributed by atoms with van der Waals surface area (Å²) in [5.41, 5.74) is 0.615. The number of rotatable bonds is 0. The molecule has 0 unspecified atom stereocenters. The van der Waals surface area contributed by atoms with Crippen molar-refractivity contribution in [3.05, 3.63) is 6.42 Å². The molecule has 1 aliphatic rings. The molecule has 1 saturated heterocycles. The van der Waals surface area contributed by atoms with E-state index in [1.165, 1.54) is 12.8 Å². The second kappa shape index (κ2) is 4.97. The van der Waals surface area contributed by atoms with Crippen LogP contribution in [0.4, 0.5) is 0 Å². The van der Waals surface area contributed by atoms with E-state index in [9.17, 15) is 0 Å². The van der Waals surface area contributed by atoms with Crippen LogP contribution in [0.25, 0.3) is 0 Å². The van der Waals surface area contributed by atoms with Crippen LogP contribution >= 0.6 is 0 Å². The Morgan fingerprint density at radius 2 is 1.33 bits per heavy atom. The van der Waals surface area contributed by atoms with Gasteiger partial charge in [0.1, 0.15) is 0 Å². The van der Waals surface area contributed by atoms with Gasteiger partial charge >= 0.3 is 29.6 Å². The molecule has 1 fully saturated rings. The van der Waals surface area contributed by atoms with Crippen LogP contribution in [-0.4, -0.2) is 16.6 Å². The Kier molecular flexibility index (Phi) is 6.37. The van der Waals surface area contributed by atoms with Gasteiger partial charge in [-0.1, -0.05) is 0 Å². The smallest absolute Gasteiger partial charge is 0.412 e. The van der Waals surface area contributed by atoms with E-state index in [4.69, 9.17) is 0 Å². The Morgan fingerprint density at radius 3 is 1.50 bits per heavy atom. The molecule has 0 aromatic heterocycles. The second-order valence-corrected chi connectivity index (χ2v) is 4.59. The van der Waals surface area contributed by atoms with Crippen LogP contribution < -0.4 is 34.9 Å². The molecule has 0 spiro atoms. The van der Waals surface area contributed by atoms with E-state index in [2.05, 4.69) is 39.4 Å².